The van der Waals surface area contributed by atoms with Crippen molar-refractivity contribution in [2.24, 2.45) is 5.73 Å². The van der Waals surface area contributed by atoms with E-state index >= 15 is 0 Å². The van der Waals surface area contributed by atoms with Crippen LogP contribution in [0, 0.1) is 13.8 Å². The minimum atomic E-state index is -0.0563. The maximum absolute atomic E-state index is 6.26. The Hall–Kier alpha value is -1.31. The third-order valence-corrected chi connectivity index (χ3v) is 3.58. The number of aryl methyl sites for hydroxylation is 2. The van der Waals surface area contributed by atoms with Gasteiger partial charge in [0.1, 0.15) is 0 Å². The van der Waals surface area contributed by atoms with Gasteiger partial charge in [-0.15, -0.1) is 0 Å². The first-order valence-electron chi connectivity index (χ1n) is 6.14. The molecule has 94 valence electrons. The largest absolute Gasteiger partial charge is 0.324 e. The third-order valence-electron chi connectivity index (χ3n) is 3.26. The molecule has 0 aliphatic rings. The monoisotopic (exact) mass is 259 g/mol. The summed E-state index contributed by atoms with van der Waals surface area (Å²) in [5.74, 6) is 0. The van der Waals surface area contributed by atoms with E-state index in [0.717, 1.165) is 22.6 Å². The smallest absolute Gasteiger partial charge is 0.0456 e. The summed E-state index contributed by atoms with van der Waals surface area (Å²) in [6.07, 6.45) is 0.815. The zero-order valence-electron chi connectivity index (χ0n) is 10.8. The normalized spacial score (nSPS) is 12.4. The van der Waals surface area contributed by atoms with Crippen molar-refractivity contribution in [1.29, 1.82) is 0 Å². The van der Waals surface area contributed by atoms with E-state index < -0.39 is 0 Å². The molecule has 0 aliphatic carbocycles. The Morgan fingerprint density at radius 3 is 2.50 bits per heavy atom. The fourth-order valence-electron chi connectivity index (χ4n) is 2.12. The number of benzene rings is 2. The highest BCUT2D eigenvalue weighted by molar-refractivity contribution is 6.31. The van der Waals surface area contributed by atoms with Crippen molar-refractivity contribution in [2.75, 3.05) is 0 Å². The molecule has 18 heavy (non-hydrogen) atoms. The van der Waals surface area contributed by atoms with Crippen LogP contribution in [0.3, 0.4) is 0 Å². The summed E-state index contributed by atoms with van der Waals surface area (Å²) in [5.41, 5.74) is 11.0. The predicted molar refractivity (Wildman–Crippen MR) is 78.0 cm³/mol. The highest BCUT2D eigenvalue weighted by atomic mass is 35.5. The number of hydrogen-bond acceptors (Lipinski definition) is 1. The zero-order valence-corrected chi connectivity index (χ0v) is 11.5. The Balaban J connectivity index is 2.22. The van der Waals surface area contributed by atoms with Crippen LogP contribution in [-0.4, -0.2) is 0 Å². The van der Waals surface area contributed by atoms with Gasteiger partial charge in [0, 0.05) is 11.1 Å². The third kappa shape index (κ3) is 2.92. The Morgan fingerprint density at radius 1 is 1.11 bits per heavy atom. The Labute approximate surface area is 114 Å². The molecule has 0 bridgehead atoms. The lowest BCUT2D eigenvalue weighted by Gasteiger charge is -2.15. The Bertz CT molecular complexity index is 549. The van der Waals surface area contributed by atoms with Crippen LogP contribution < -0.4 is 5.73 Å². The summed E-state index contributed by atoms with van der Waals surface area (Å²) >= 11 is 6.25. The molecule has 0 amide bonds. The minimum absolute atomic E-state index is 0.0563. The maximum Gasteiger partial charge on any atom is 0.0456 e. The van der Waals surface area contributed by atoms with Gasteiger partial charge in [-0.2, -0.15) is 0 Å². The number of hydrogen-bond donors (Lipinski definition) is 1. The highest BCUT2D eigenvalue weighted by Crippen LogP contribution is 2.25. The van der Waals surface area contributed by atoms with Crippen LogP contribution in [0.4, 0.5) is 0 Å². The van der Waals surface area contributed by atoms with Crippen molar-refractivity contribution in [3.8, 4) is 0 Å². The van der Waals surface area contributed by atoms with E-state index in [0.29, 0.717) is 0 Å². The summed E-state index contributed by atoms with van der Waals surface area (Å²) in [7, 11) is 0. The summed E-state index contributed by atoms with van der Waals surface area (Å²) in [5, 5.41) is 0.760. The van der Waals surface area contributed by atoms with Gasteiger partial charge in [-0.1, -0.05) is 48.0 Å². The van der Waals surface area contributed by atoms with E-state index in [1.165, 1.54) is 11.1 Å². The van der Waals surface area contributed by atoms with E-state index in [1.54, 1.807) is 0 Å². The summed E-state index contributed by atoms with van der Waals surface area (Å²) in [6, 6.07) is 14.3. The van der Waals surface area contributed by atoms with Crippen LogP contribution in [0.5, 0.6) is 0 Å². The highest BCUT2D eigenvalue weighted by Gasteiger charge is 2.11. The minimum Gasteiger partial charge on any atom is -0.324 e. The molecule has 2 heteroatoms. The van der Waals surface area contributed by atoms with E-state index in [1.807, 2.05) is 31.2 Å². The van der Waals surface area contributed by atoms with Gasteiger partial charge in [-0.3, -0.25) is 0 Å². The first kappa shape index (κ1) is 13.1. The van der Waals surface area contributed by atoms with Crippen molar-refractivity contribution in [3.63, 3.8) is 0 Å². The van der Waals surface area contributed by atoms with Crippen LogP contribution in [0.2, 0.25) is 5.02 Å². The summed E-state index contributed by atoms with van der Waals surface area (Å²) in [4.78, 5) is 0. The van der Waals surface area contributed by atoms with Crippen molar-refractivity contribution < 1.29 is 0 Å². The molecule has 0 aromatic heterocycles. The Morgan fingerprint density at radius 2 is 1.83 bits per heavy atom. The predicted octanol–water partition coefficient (Wildman–Crippen LogP) is 4.20. The second kappa shape index (κ2) is 5.55. The first-order chi connectivity index (χ1) is 8.58. The van der Waals surface area contributed by atoms with E-state index in [9.17, 15) is 0 Å². The summed E-state index contributed by atoms with van der Waals surface area (Å²) in [6.45, 7) is 4.14. The van der Waals surface area contributed by atoms with Crippen LogP contribution in [-0.2, 0) is 6.42 Å². The molecule has 0 aliphatic heterocycles. The van der Waals surface area contributed by atoms with Gasteiger partial charge in [-0.05, 0) is 48.6 Å². The van der Waals surface area contributed by atoms with Gasteiger partial charge in [0.05, 0.1) is 0 Å². The molecule has 0 saturated heterocycles. The molecule has 2 N–H and O–H groups in total. The molecule has 0 spiro atoms. The van der Waals surface area contributed by atoms with E-state index in [-0.39, 0.29) is 6.04 Å². The topological polar surface area (TPSA) is 26.0 Å². The van der Waals surface area contributed by atoms with Crippen LogP contribution in [0.1, 0.15) is 28.3 Å². The number of nitrogens with two attached hydrogens (primary N) is 1. The lowest BCUT2D eigenvalue weighted by atomic mass is 9.96. The lowest BCUT2D eigenvalue weighted by molar-refractivity contribution is 0.719. The quantitative estimate of drug-likeness (QED) is 0.878. The van der Waals surface area contributed by atoms with Crippen molar-refractivity contribution in [1.82, 2.24) is 0 Å². The average Bonchev–Trinajstić information content (AvgIpc) is 2.32. The van der Waals surface area contributed by atoms with Crippen molar-refractivity contribution >= 4 is 11.6 Å². The van der Waals surface area contributed by atoms with Gasteiger partial charge >= 0.3 is 0 Å². The molecule has 0 radical (unpaired) electrons. The molecule has 1 unspecified atom stereocenters. The van der Waals surface area contributed by atoms with Crippen LogP contribution in [0.25, 0.3) is 0 Å². The zero-order chi connectivity index (χ0) is 13.1. The molecule has 1 nitrogen and oxygen atoms in total. The standard InChI is InChI=1S/C16H18ClN/c1-11-7-8-14(15(17)9-11)16(18)10-13-6-4-3-5-12(13)2/h3-9,16H,10,18H2,1-2H3. The molecular weight excluding hydrogens is 242 g/mol. The van der Waals surface area contributed by atoms with Gasteiger partial charge in [-0.25, -0.2) is 0 Å². The molecule has 1 atom stereocenters. The maximum atomic E-state index is 6.26. The number of rotatable bonds is 3. The SMILES string of the molecule is Cc1ccc(C(N)Cc2ccccc2C)c(Cl)c1. The van der Waals surface area contributed by atoms with Crippen LogP contribution in [0.15, 0.2) is 42.5 Å². The Kier molecular flexibility index (Phi) is 4.05. The molecule has 2 aromatic carbocycles. The van der Waals surface area contributed by atoms with Gasteiger partial charge in [0.15, 0.2) is 0 Å². The molecule has 0 saturated carbocycles. The van der Waals surface area contributed by atoms with Crippen LogP contribution >= 0.6 is 11.6 Å². The second-order valence-corrected chi connectivity index (χ2v) is 5.17. The average molecular weight is 260 g/mol. The molecule has 2 aromatic rings. The molecule has 2 rings (SSSR count). The van der Waals surface area contributed by atoms with E-state index in [2.05, 4.69) is 25.1 Å². The van der Waals surface area contributed by atoms with E-state index in [4.69, 9.17) is 17.3 Å². The van der Waals surface area contributed by atoms with Gasteiger partial charge in [0.25, 0.3) is 0 Å². The fraction of sp³-hybridized carbons (Fsp3) is 0.250. The van der Waals surface area contributed by atoms with Crippen molar-refractivity contribution in [2.45, 2.75) is 26.3 Å². The fourth-order valence-corrected chi connectivity index (χ4v) is 2.49. The second-order valence-electron chi connectivity index (χ2n) is 4.76. The summed E-state index contributed by atoms with van der Waals surface area (Å²) < 4.78 is 0. The molecular formula is C16H18ClN. The molecule has 0 heterocycles. The molecule has 0 fully saturated rings. The van der Waals surface area contributed by atoms with Gasteiger partial charge in [0.2, 0.25) is 0 Å². The number of halogens is 1. The van der Waals surface area contributed by atoms with Gasteiger partial charge < -0.3 is 5.73 Å². The van der Waals surface area contributed by atoms with Crippen molar-refractivity contribution in [3.05, 3.63) is 69.7 Å². The first-order valence-corrected chi connectivity index (χ1v) is 6.52. The lowest BCUT2D eigenvalue weighted by Crippen LogP contribution is -2.14.